The molecule has 0 aliphatic carbocycles. The zero-order chi connectivity index (χ0) is 18.6. The number of thiocyanates is 1. The van der Waals surface area contributed by atoms with E-state index in [1.165, 1.54) is 0 Å². The van der Waals surface area contributed by atoms with Crippen LogP contribution in [0.5, 0.6) is 0 Å². The van der Waals surface area contributed by atoms with Gasteiger partial charge in [-0.25, -0.2) is 13.6 Å². The monoisotopic (exact) mass is 382 g/mol. The lowest BCUT2D eigenvalue weighted by molar-refractivity contribution is 0.0531. The van der Waals surface area contributed by atoms with Crippen molar-refractivity contribution in [2.75, 3.05) is 11.9 Å². The van der Waals surface area contributed by atoms with Crippen LogP contribution in [-0.2, 0) is 4.74 Å². The van der Waals surface area contributed by atoms with Gasteiger partial charge in [0.2, 0.25) is 0 Å². The number of esters is 1. The largest absolute Gasteiger partial charge is 0.462 e. The van der Waals surface area contributed by atoms with Gasteiger partial charge in [0.05, 0.1) is 11.5 Å². The Labute approximate surface area is 150 Å². The molecule has 25 heavy (non-hydrogen) atoms. The van der Waals surface area contributed by atoms with Gasteiger partial charge in [-0.2, -0.15) is 5.26 Å². The highest BCUT2D eigenvalue weighted by Crippen LogP contribution is 2.40. The highest BCUT2D eigenvalue weighted by Gasteiger charge is 2.25. The summed E-state index contributed by atoms with van der Waals surface area (Å²) in [4.78, 5) is 24.7. The molecule has 0 atom stereocenters. The number of thiophene rings is 1. The van der Waals surface area contributed by atoms with Crippen LogP contribution in [0.1, 0.15) is 32.5 Å². The summed E-state index contributed by atoms with van der Waals surface area (Å²) >= 11 is 1.62. The van der Waals surface area contributed by atoms with Gasteiger partial charge in [0, 0.05) is 0 Å². The second-order valence-electron chi connectivity index (χ2n) is 4.68. The normalized spacial score (nSPS) is 10.2. The molecule has 0 saturated heterocycles. The number of hydrogen-bond acceptors (Lipinski definition) is 6. The van der Waals surface area contributed by atoms with Crippen molar-refractivity contribution in [3.8, 4) is 5.40 Å². The number of halogens is 2. The quantitative estimate of drug-likeness (QED) is 0.473. The minimum Gasteiger partial charge on any atom is -0.462 e. The summed E-state index contributed by atoms with van der Waals surface area (Å²) in [5, 5.41) is 13.3. The standard InChI is InChI=1S/C16H12F2N2O3S2/c1-3-23-16(22)13-8(2)12(24-7-19)15(25-13)20-14(21)11-9(17)5-4-6-10(11)18/h4-6H,3H2,1-2H3,(H,20,21). The Morgan fingerprint density at radius 1 is 1.36 bits per heavy atom. The summed E-state index contributed by atoms with van der Waals surface area (Å²) < 4.78 is 32.4. The molecule has 2 aromatic rings. The molecule has 1 amide bonds. The average molecular weight is 382 g/mol. The van der Waals surface area contributed by atoms with Crippen molar-refractivity contribution in [3.05, 3.63) is 45.8 Å². The molecule has 5 nitrogen and oxygen atoms in total. The summed E-state index contributed by atoms with van der Waals surface area (Å²) in [7, 11) is 0. The van der Waals surface area contributed by atoms with E-state index in [0.717, 1.165) is 41.3 Å². The van der Waals surface area contributed by atoms with Gasteiger partial charge in [0.25, 0.3) is 5.91 Å². The third kappa shape index (κ3) is 3.97. The lowest BCUT2D eigenvalue weighted by atomic mass is 10.2. The van der Waals surface area contributed by atoms with Crippen LogP contribution in [0.2, 0.25) is 0 Å². The second-order valence-corrected chi connectivity index (χ2v) is 6.49. The molecule has 0 aliphatic heterocycles. The Kier molecular flexibility index (Phi) is 6.12. The molecule has 0 radical (unpaired) electrons. The number of nitrogens with one attached hydrogen (secondary N) is 1. The first kappa shape index (κ1) is 18.9. The maximum atomic E-state index is 13.7. The number of ether oxygens (including phenoxy) is 1. The van der Waals surface area contributed by atoms with E-state index in [1.807, 2.05) is 5.40 Å². The second kappa shape index (κ2) is 8.09. The maximum Gasteiger partial charge on any atom is 0.348 e. The minimum absolute atomic E-state index is 0.153. The Hall–Kier alpha value is -2.44. The highest BCUT2D eigenvalue weighted by atomic mass is 32.2. The van der Waals surface area contributed by atoms with E-state index >= 15 is 0 Å². The van der Waals surface area contributed by atoms with Gasteiger partial charge in [0.15, 0.2) is 0 Å². The predicted octanol–water partition coefficient (Wildman–Crippen LogP) is 4.34. The van der Waals surface area contributed by atoms with Crippen LogP contribution in [0.25, 0.3) is 0 Å². The van der Waals surface area contributed by atoms with E-state index in [1.54, 1.807) is 13.8 Å². The van der Waals surface area contributed by atoms with Crippen molar-refractivity contribution in [3.63, 3.8) is 0 Å². The van der Waals surface area contributed by atoms with E-state index in [9.17, 15) is 18.4 Å². The van der Waals surface area contributed by atoms with E-state index in [2.05, 4.69) is 5.32 Å². The zero-order valence-corrected chi connectivity index (χ0v) is 14.8. The first-order valence-electron chi connectivity index (χ1n) is 7.02. The fourth-order valence-corrected chi connectivity index (χ4v) is 3.82. The van der Waals surface area contributed by atoms with Crippen molar-refractivity contribution in [2.45, 2.75) is 18.7 Å². The number of benzene rings is 1. The molecule has 130 valence electrons. The molecule has 0 saturated carbocycles. The fourth-order valence-electron chi connectivity index (χ4n) is 2.02. The van der Waals surface area contributed by atoms with Crippen molar-refractivity contribution in [1.82, 2.24) is 0 Å². The fraction of sp³-hybridized carbons (Fsp3) is 0.188. The van der Waals surface area contributed by atoms with Crippen molar-refractivity contribution >= 4 is 40.0 Å². The molecule has 1 aromatic carbocycles. The van der Waals surface area contributed by atoms with Crippen molar-refractivity contribution in [2.24, 2.45) is 0 Å². The first-order valence-corrected chi connectivity index (χ1v) is 8.65. The van der Waals surface area contributed by atoms with E-state index in [4.69, 9.17) is 10.00 Å². The number of nitriles is 1. The third-order valence-corrected chi connectivity index (χ3v) is 5.24. The molecule has 2 rings (SSSR count). The minimum atomic E-state index is -1.01. The number of carbonyl (C=O) groups is 2. The molecular formula is C16H12F2N2O3S2. The Morgan fingerprint density at radius 2 is 2.00 bits per heavy atom. The van der Waals surface area contributed by atoms with Gasteiger partial charge in [-0.15, -0.1) is 11.3 Å². The van der Waals surface area contributed by atoms with E-state index in [0.29, 0.717) is 10.5 Å². The summed E-state index contributed by atoms with van der Waals surface area (Å²) in [6.45, 7) is 3.41. The number of amides is 1. The van der Waals surface area contributed by atoms with Gasteiger partial charge in [0.1, 0.15) is 32.5 Å². The Morgan fingerprint density at radius 3 is 2.56 bits per heavy atom. The Balaban J connectivity index is 2.42. The molecule has 1 aromatic heterocycles. The third-order valence-electron chi connectivity index (χ3n) is 3.12. The number of rotatable bonds is 5. The molecule has 0 unspecified atom stereocenters. The molecule has 9 heteroatoms. The van der Waals surface area contributed by atoms with Crippen LogP contribution in [0.15, 0.2) is 23.1 Å². The summed E-state index contributed by atoms with van der Waals surface area (Å²) in [5.41, 5.74) is -0.279. The number of nitrogens with zero attached hydrogens (tertiary/aromatic N) is 1. The van der Waals surface area contributed by atoms with Gasteiger partial charge < -0.3 is 10.1 Å². The zero-order valence-electron chi connectivity index (χ0n) is 13.2. The van der Waals surface area contributed by atoms with Crippen LogP contribution in [0.4, 0.5) is 13.8 Å². The van der Waals surface area contributed by atoms with Gasteiger partial charge in [-0.05, 0) is 43.3 Å². The van der Waals surface area contributed by atoms with Crippen LogP contribution in [0, 0.1) is 29.2 Å². The molecule has 1 heterocycles. The van der Waals surface area contributed by atoms with Gasteiger partial charge >= 0.3 is 5.97 Å². The van der Waals surface area contributed by atoms with E-state index in [-0.39, 0.29) is 16.5 Å². The molecular weight excluding hydrogens is 370 g/mol. The lowest BCUT2D eigenvalue weighted by Crippen LogP contribution is -2.15. The average Bonchev–Trinajstić information content (AvgIpc) is 2.85. The van der Waals surface area contributed by atoms with E-state index < -0.39 is 29.1 Å². The highest BCUT2D eigenvalue weighted by molar-refractivity contribution is 8.04. The van der Waals surface area contributed by atoms with Crippen molar-refractivity contribution < 1.29 is 23.1 Å². The smallest absolute Gasteiger partial charge is 0.348 e. The summed E-state index contributed by atoms with van der Waals surface area (Å²) in [6, 6.07) is 3.08. The Bertz CT molecular complexity index is 855. The summed E-state index contributed by atoms with van der Waals surface area (Å²) in [5.74, 6) is -3.62. The molecule has 0 spiro atoms. The molecule has 0 bridgehead atoms. The number of thioether (sulfide) groups is 1. The van der Waals surface area contributed by atoms with Gasteiger partial charge in [-0.3, -0.25) is 4.79 Å². The molecule has 1 N–H and O–H groups in total. The van der Waals surface area contributed by atoms with Crippen LogP contribution in [-0.4, -0.2) is 18.5 Å². The maximum absolute atomic E-state index is 13.7. The predicted molar refractivity (Wildman–Crippen MR) is 90.8 cm³/mol. The number of carbonyl (C=O) groups excluding carboxylic acids is 2. The topological polar surface area (TPSA) is 79.2 Å². The molecule has 0 aliphatic rings. The number of hydrogen-bond donors (Lipinski definition) is 1. The van der Waals surface area contributed by atoms with Crippen LogP contribution >= 0.6 is 23.1 Å². The van der Waals surface area contributed by atoms with Crippen molar-refractivity contribution in [1.29, 1.82) is 5.26 Å². The van der Waals surface area contributed by atoms with Crippen LogP contribution in [0.3, 0.4) is 0 Å². The first-order chi connectivity index (χ1) is 11.9. The molecule has 0 fully saturated rings. The SMILES string of the molecule is CCOC(=O)c1sc(NC(=O)c2c(F)cccc2F)c(SC#N)c1C. The summed E-state index contributed by atoms with van der Waals surface area (Å²) in [6.07, 6.45) is 0. The lowest BCUT2D eigenvalue weighted by Gasteiger charge is -2.06. The van der Waals surface area contributed by atoms with Crippen LogP contribution < -0.4 is 5.32 Å². The number of anilines is 1. The van der Waals surface area contributed by atoms with Gasteiger partial charge in [-0.1, -0.05) is 6.07 Å².